The van der Waals surface area contributed by atoms with Crippen molar-refractivity contribution in [2.24, 2.45) is 0 Å². The number of amides is 1. The van der Waals surface area contributed by atoms with Crippen LogP contribution < -0.4 is 5.32 Å². The van der Waals surface area contributed by atoms with Crippen LogP contribution in [0.1, 0.15) is 303 Å². The first-order chi connectivity index (χ1) is 35.4. The van der Waals surface area contributed by atoms with Crippen LogP contribution >= 0.6 is 7.82 Å². The second-order valence-electron chi connectivity index (χ2n) is 22.6. The number of carbonyl (C=O) groups excluding carboxylic acids is 2. The van der Waals surface area contributed by atoms with Crippen molar-refractivity contribution in [1.29, 1.82) is 0 Å². The zero-order valence-corrected chi connectivity index (χ0v) is 50.0. The fraction of sp³-hybridized carbons (Fsp3) is 0.873. The minimum Gasteiger partial charge on any atom is -0.456 e. The molecule has 0 heterocycles. The van der Waals surface area contributed by atoms with Gasteiger partial charge in [0.05, 0.1) is 33.8 Å². The molecule has 0 saturated carbocycles. The van der Waals surface area contributed by atoms with Crippen molar-refractivity contribution in [2.75, 3.05) is 40.9 Å². The van der Waals surface area contributed by atoms with Gasteiger partial charge in [0.25, 0.3) is 0 Å². The number of unbranched alkanes of at least 4 members (excludes halogenated alkanes) is 37. The molecule has 0 aromatic rings. The van der Waals surface area contributed by atoms with Crippen molar-refractivity contribution in [3.05, 3.63) is 36.5 Å². The first-order valence-electron chi connectivity index (χ1n) is 31.3. The van der Waals surface area contributed by atoms with E-state index in [-0.39, 0.29) is 25.1 Å². The molecule has 0 rings (SSSR count). The Morgan fingerprint density at radius 2 is 0.795 bits per heavy atom. The normalized spacial score (nSPS) is 13.9. The molecule has 0 aromatic heterocycles. The molecule has 0 aliphatic carbocycles. The Hall–Kier alpha value is -1.77. The van der Waals surface area contributed by atoms with Gasteiger partial charge in [-0.15, -0.1) is 0 Å². The average molecular weight is 1050 g/mol. The quantitative estimate of drug-likeness (QED) is 0.0205. The van der Waals surface area contributed by atoms with E-state index < -0.39 is 20.0 Å². The lowest BCUT2D eigenvalue weighted by atomic mass is 10.0. The van der Waals surface area contributed by atoms with E-state index in [1.54, 1.807) is 0 Å². The highest BCUT2D eigenvalue weighted by atomic mass is 31.2. The van der Waals surface area contributed by atoms with Crippen molar-refractivity contribution in [2.45, 2.75) is 315 Å². The van der Waals surface area contributed by atoms with Crippen LogP contribution in [-0.4, -0.2) is 74.3 Å². The van der Waals surface area contributed by atoms with E-state index >= 15 is 0 Å². The smallest absolute Gasteiger partial charge is 0.456 e. The Kier molecular flexibility index (Phi) is 52.3. The van der Waals surface area contributed by atoms with Gasteiger partial charge in [-0.1, -0.05) is 244 Å². The van der Waals surface area contributed by atoms with Crippen LogP contribution in [0.5, 0.6) is 0 Å². The van der Waals surface area contributed by atoms with Crippen LogP contribution in [0, 0.1) is 0 Å². The number of esters is 1. The average Bonchev–Trinajstić information content (AvgIpc) is 3.35. The van der Waals surface area contributed by atoms with Crippen molar-refractivity contribution in [1.82, 2.24) is 5.32 Å². The first kappa shape index (κ1) is 71.2. The number of ether oxygens (including phenoxy) is 1. The van der Waals surface area contributed by atoms with Gasteiger partial charge >= 0.3 is 13.8 Å². The van der Waals surface area contributed by atoms with Gasteiger partial charge < -0.3 is 19.4 Å². The third-order valence-corrected chi connectivity index (χ3v) is 15.0. The Morgan fingerprint density at radius 1 is 0.466 bits per heavy atom. The van der Waals surface area contributed by atoms with Gasteiger partial charge in [0, 0.05) is 12.8 Å². The zero-order chi connectivity index (χ0) is 53.6. The lowest BCUT2D eigenvalue weighted by molar-refractivity contribution is -0.870. The molecule has 0 aliphatic heterocycles. The monoisotopic (exact) mass is 1050 g/mol. The Labute approximate surface area is 453 Å². The molecule has 0 fully saturated rings. The molecule has 0 saturated heterocycles. The highest BCUT2D eigenvalue weighted by molar-refractivity contribution is 7.47. The van der Waals surface area contributed by atoms with Gasteiger partial charge in [-0.3, -0.25) is 18.6 Å². The number of hydrogen-bond donors (Lipinski definition) is 2. The number of rotatable bonds is 57. The molecule has 10 heteroatoms. The summed E-state index contributed by atoms with van der Waals surface area (Å²) in [5, 5.41) is 3.05. The van der Waals surface area contributed by atoms with E-state index in [0.717, 1.165) is 77.0 Å². The van der Waals surface area contributed by atoms with Crippen LogP contribution in [0.15, 0.2) is 36.5 Å². The third-order valence-electron chi connectivity index (χ3n) is 14.1. The van der Waals surface area contributed by atoms with E-state index in [4.69, 9.17) is 13.8 Å². The number of carbonyl (C=O) groups is 2. The van der Waals surface area contributed by atoms with Gasteiger partial charge in [0.2, 0.25) is 5.91 Å². The summed E-state index contributed by atoms with van der Waals surface area (Å²) in [7, 11) is 1.50. The molecular weight excluding hydrogens is 928 g/mol. The largest absolute Gasteiger partial charge is 0.472 e. The second kappa shape index (κ2) is 53.6. The van der Waals surface area contributed by atoms with E-state index in [1.165, 1.54) is 193 Å². The van der Waals surface area contributed by atoms with Gasteiger partial charge in [0.15, 0.2) is 0 Å². The molecule has 0 radical (unpaired) electrons. The molecule has 3 atom stereocenters. The molecule has 0 bridgehead atoms. The lowest BCUT2D eigenvalue weighted by Gasteiger charge is -2.27. The van der Waals surface area contributed by atoms with Crippen molar-refractivity contribution >= 4 is 19.7 Å². The van der Waals surface area contributed by atoms with Crippen LogP contribution in [-0.2, 0) is 27.9 Å². The van der Waals surface area contributed by atoms with Crippen molar-refractivity contribution < 1.29 is 37.3 Å². The number of hydrogen-bond acceptors (Lipinski definition) is 6. The maximum atomic E-state index is 13.5. The number of quaternary nitrogens is 1. The predicted octanol–water partition coefficient (Wildman–Crippen LogP) is 19.1. The summed E-state index contributed by atoms with van der Waals surface area (Å²) in [4.78, 5) is 37.7. The van der Waals surface area contributed by atoms with Gasteiger partial charge in [-0.25, -0.2) is 4.57 Å². The van der Waals surface area contributed by atoms with E-state index in [0.29, 0.717) is 23.9 Å². The molecule has 73 heavy (non-hydrogen) atoms. The molecule has 3 unspecified atom stereocenters. The molecule has 2 N–H and O–H groups in total. The number of phosphoric acid groups is 1. The number of likely N-dealkylation sites (N-methyl/N-ethyl adjacent to an activating group) is 1. The molecule has 9 nitrogen and oxygen atoms in total. The topological polar surface area (TPSA) is 111 Å². The van der Waals surface area contributed by atoms with E-state index in [9.17, 15) is 19.0 Å². The molecule has 430 valence electrons. The standard InChI is InChI=1S/C63H121N2O7P/c1-7-10-13-16-19-22-25-28-30-32-33-34-36-38-41-44-47-50-53-56-63(67)72-61(54-51-48-45-42-39-27-24-21-18-15-12-9-3)60(59-71-73(68,69)70-58-57-65(4,5)6)64-62(66)55-52-49-46-43-40-37-35-31-29-26-23-20-17-14-11-8-2/h28,30-31,35,51,54,60-61H,7-27,29,32-34,36-50,52-53,55-59H2,1-6H3,(H-,64,66,68,69)/p+1/b30-28+,35-31+,54-51+. The lowest BCUT2D eigenvalue weighted by Crippen LogP contribution is -2.47. The van der Waals surface area contributed by atoms with Crippen LogP contribution in [0.2, 0.25) is 0 Å². The van der Waals surface area contributed by atoms with Crippen LogP contribution in [0.4, 0.5) is 0 Å². The summed E-state index contributed by atoms with van der Waals surface area (Å²) >= 11 is 0. The number of nitrogens with one attached hydrogen (secondary N) is 1. The Morgan fingerprint density at radius 3 is 1.16 bits per heavy atom. The summed E-state index contributed by atoms with van der Waals surface area (Å²) in [6.07, 6.45) is 64.2. The second-order valence-corrected chi connectivity index (χ2v) is 24.0. The summed E-state index contributed by atoms with van der Waals surface area (Å²) in [6.45, 7) is 7.03. The van der Waals surface area contributed by atoms with Gasteiger partial charge in [-0.05, 0) is 83.1 Å². The Bertz CT molecular complexity index is 1350. The molecule has 0 spiro atoms. The van der Waals surface area contributed by atoms with Crippen molar-refractivity contribution in [3.63, 3.8) is 0 Å². The van der Waals surface area contributed by atoms with Crippen LogP contribution in [0.3, 0.4) is 0 Å². The van der Waals surface area contributed by atoms with E-state index in [2.05, 4.69) is 50.4 Å². The summed E-state index contributed by atoms with van der Waals surface area (Å²) in [5.74, 6) is -0.506. The van der Waals surface area contributed by atoms with Crippen LogP contribution in [0.25, 0.3) is 0 Å². The fourth-order valence-electron chi connectivity index (χ4n) is 9.17. The maximum Gasteiger partial charge on any atom is 0.472 e. The minimum absolute atomic E-state index is 0.0400. The Balaban J connectivity index is 5.25. The zero-order valence-electron chi connectivity index (χ0n) is 49.1. The molecule has 0 aromatic carbocycles. The van der Waals surface area contributed by atoms with Gasteiger partial charge in [0.1, 0.15) is 19.3 Å². The molecular formula is C63H122N2O7P+. The number of nitrogens with zero attached hydrogens (tertiary/aromatic N) is 1. The first-order valence-corrected chi connectivity index (χ1v) is 32.8. The maximum absolute atomic E-state index is 13.5. The molecule has 1 amide bonds. The summed E-state index contributed by atoms with van der Waals surface area (Å²) < 4.78 is 30.7. The SMILES string of the molecule is CCCCCCCC/C=C/CCCCCCCCCCCC(=O)OC(/C=C/CCCCCCCCCCCC)C(COP(=O)(O)OCC[N+](C)(C)C)NC(=O)CCCCCCC/C=C/CCCCCCCCC. The summed E-state index contributed by atoms with van der Waals surface area (Å²) in [5.41, 5.74) is 0. The number of phosphoric ester groups is 1. The minimum atomic E-state index is -4.45. The highest BCUT2D eigenvalue weighted by Crippen LogP contribution is 2.43. The van der Waals surface area contributed by atoms with Crippen molar-refractivity contribution in [3.8, 4) is 0 Å². The third kappa shape index (κ3) is 54.8. The fourth-order valence-corrected chi connectivity index (χ4v) is 9.90. The van der Waals surface area contributed by atoms with E-state index in [1.807, 2.05) is 33.3 Å². The number of allylic oxidation sites excluding steroid dienone is 5. The molecule has 0 aliphatic rings. The highest BCUT2D eigenvalue weighted by Gasteiger charge is 2.30. The predicted molar refractivity (Wildman–Crippen MR) is 314 cm³/mol. The van der Waals surface area contributed by atoms with Gasteiger partial charge in [-0.2, -0.15) is 0 Å². The summed E-state index contributed by atoms with van der Waals surface area (Å²) in [6, 6.07) is -0.850.